The summed E-state index contributed by atoms with van der Waals surface area (Å²) in [6, 6.07) is 0.565. The molecule has 0 radical (unpaired) electrons. The van der Waals surface area contributed by atoms with E-state index in [1.54, 1.807) is 11.8 Å². The molecule has 0 aromatic carbocycles. The molecule has 6 nitrogen and oxygen atoms in total. The molecule has 0 bridgehead atoms. The second-order valence-corrected chi connectivity index (χ2v) is 8.58. The van der Waals surface area contributed by atoms with Gasteiger partial charge in [0.2, 0.25) is 0 Å². The number of aliphatic imine (C=N–C) groups is 1. The Kier molecular flexibility index (Phi) is 8.75. The topological polar surface area (TPSA) is 67.1 Å². The SMILES string of the molecule is CN=C(NCCCc1nnc(SC)n1CC(C)C)NC1CCC(C)CC1. The molecular weight excluding hydrogens is 344 g/mol. The molecule has 2 N–H and O–H groups in total. The summed E-state index contributed by atoms with van der Waals surface area (Å²) < 4.78 is 2.27. The van der Waals surface area contributed by atoms with Crippen LogP contribution in [0.2, 0.25) is 0 Å². The Morgan fingerprint density at radius 2 is 2.00 bits per heavy atom. The first kappa shape index (κ1) is 21.1. The van der Waals surface area contributed by atoms with Gasteiger partial charge in [-0.15, -0.1) is 10.2 Å². The highest BCUT2D eigenvalue weighted by Gasteiger charge is 2.19. The highest BCUT2D eigenvalue weighted by Crippen LogP contribution is 2.23. The molecule has 0 atom stereocenters. The van der Waals surface area contributed by atoms with E-state index in [-0.39, 0.29) is 0 Å². The first-order chi connectivity index (χ1) is 12.5. The summed E-state index contributed by atoms with van der Waals surface area (Å²) >= 11 is 1.67. The lowest BCUT2D eigenvalue weighted by atomic mass is 9.87. The summed E-state index contributed by atoms with van der Waals surface area (Å²) in [5, 5.41) is 16.8. The van der Waals surface area contributed by atoms with Crippen LogP contribution in [0.3, 0.4) is 0 Å². The predicted molar refractivity (Wildman–Crippen MR) is 111 cm³/mol. The van der Waals surface area contributed by atoms with Crippen molar-refractivity contribution in [2.24, 2.45) is 16.8 Å². The second kappa shape index (κ2) is 10.8. The summed E-state index contributed by atoms with van der Waals surface area (Å²) in [5.74, 6) is 3.49. The van der Waals surface area contributed by atoms with Gasteiger partial charge >= 0.3 is 0 Å². The molecule has 7 heteroatoms. The van der Waals surface area contributed by atoms with Gasteiger partial charge in [0.05, 0.1) is 0 Å². The average molecular weight is 381 g/mol. The highest BCUT2D eigenvalue weighted by atomic mass is 32.2. The van der Waals surface area contributed by atoms with Crippen molar-refractivity contribution in [3.05, 3.63) is 5.82 Å². The molecule has 0 amide bonds. The number of hydrogen-bond acceptors (Lipinski definition) is 4. The van der Waals surface area contributed by atoms with Crippen LogP contribution >= 0.6 is 11.8 Å². The van der Waals surface area contributed by atoms with E-state index < -0.39 is 0 Å². The smallest absolute Gasteiger partial charge is 0.191 e. The normalized spacial score (nSPS) is 21.2. The van der Waals surface area contributed by atoms with Crippen LogP contribution in [0.5, 0.6) is 0 Å². The third kappa shape index (κ3) is 6.49. The third-order valence-electron chi connectivity index (χ3n) is 4.97. The lowest BCUT2D eigenvalue weighted by Crippen LogP contribution is -2.45. The minimum Gasteiger partial charge on any atom is -0.356 e. The number of aryl methyl sites for hydroxylation is 1. The van der Waals surface area contributed by atoms with Crippen molar-refractivity contribution in [3.8, 4) is 0 Å². The van der Waals surface area contributed by atoms with Crippen LogP contribution in [0.25, 0.3) is 0 Å². The lowest BCUT2D eigenvalue weighted by molar-refractivity contribution is 0.329. The van der Waals surface area contributed by atoms with Gasteiger partial charge in [-0.3, -0.25) is 4.99 Å². The summed E-state index contributed by atoms with van der Waals surface area (Å²) in [7, 11) is 1.85. The number of rotatable bonds is 8. The fraction of sp³-hybridized carbons (Fsp3) is 0.842. The molecular formula is C19H36N6S. The molecule has 0 aliphatic heterocycles. The molecule has 0 spiro atoms. The van der Waals surface area contributed by atoms with Crippen molar-refractivity contribution in [2.45, 2.75) is 77.0 Å². The average Bonchev–Trinajstić information content (AvgIpc) is 3.00. The third-order valence-corrected chi connectivity index (χ3v) is 5.64. The summed E-state index contributed by atoms with van der Waals surface area (Å²) in [5.41, 5.74) is 0. The van der Waals surface area contributed by atoms with Gasteiger partial charge in [0.15, 0.2) is 11.1 Å². The first-order valence-corrected chi connectivity index (χ1v) is 11.2. The van der Waals surface area contributed by atoms with Gasteiger partial charge in [-0.1, -0.05) is 32.5 Å². The summed E-state index contributed by atoms with van der Waals surface area (Å²) in [4.78, 5) is 4.38. The van der Waals surface area contributed by atoms with Gasteiger partial charge in [-0.05, 0) is 50.2 Å². The fourth-order valence-electron chi connectivity index (χ4n) is 3.45. The van der Waals surface area contributed by atoms with Crippen LogP contribution in [0, 0.1) is 11.8 Å². The van der Waals surface area contributed by atoms with E-state index >= 15 is 0 Å². The standard InChI is InChI=1S/C19H36N6S/c1-14(2)13-25-17(23-24-19(25)26-5)7-6-12-21-18(20-4)22-16-10-8-15(3)9-11-16/h14-16H,6-13H2,1-5H3,(H2,20,21,22). The zero-order valence-corrected chi connectivity index (χ0v) is 17.9. The molecule has 1 aromatic rings. The molecule has 2 rings (SSSR count). The molecule has 1 aliphatic rings. The van der Waals surface area contributed by atoms with Crippen LogP contribution < -0.4 is 10.6 Å². The van der Waals surface area contributed by atoms with E-state index in [2.05, 4.69) is 57.4 Å². The van der Waals surface area contributed by atoms with Gasteiger partial charge in [0.25, 0.3) is 0 Å². The van der Waals surface area contributed by atoms with Crippen molar-refractivity contribution >= 4 is 17.7 Å². The Morgan fingerprint density at radius 3 is 2.62 bits per heavy atom. The van der Waals surface area contributed by atoms with Crippen molar-refractivity contribution in [1.29, 1.82) is 0 Å². The predicted octanol–water partition coefficient (Wildman–Crippen LogP) is 3.33. The van der Waals surface area contributed by atoms with E-state index in [0.29, 0.717) is 12.0 Å². The van der Waals surface area contributed by atoms with Crippen molar-refractivity contribution in [3.63, 3.8) is 0 Å². The van der Waals surface area contributed by atoms with E-state index in [9.17, 15) is 0 Å². The van der Waals surface area contributed by atoms with Crippen LogP contribution in [0.4, 0.5) is 0 Å². The van der Waals surface area contributed by atoms with Crippen LogP contribution in [-0.2, 0) is 13.0 Å². The van der Waals surface area contributed by atoms with E-state index in [4.69, 9.17) is 0 Å². The monoisotopic (exact) mass is 380 g/mol. The molecule has 1 aliphatic carbocycles. The van der Waals surface area contributed by atoms with Gasteiger partial charge in [-0.25, -0.2) is 0 Å². The molecule has 1 aromatic heterocycles. The van der Waals surface area contributed by atoms with E-state index in [1.165, 1.54) is 25.7 Å². The summed E-state index contributed by atoms with van der Waals surface area (Å²) in [6.45, 7) is 8.69. The van der Waals surface area contributed by atoms with Crippen molar-refractivity contribution < 1.29 is 0 Å². The molecule has 26 heavy (non-hydrogen) atoms. The van der Waals surface area contributed by atoms with Crippen LogP contribution in [0.15, 0.2) is 10.1 Å². The number of nitrogens with one attached hydrogen (secondary N) is 2. The second-order valence-electron chi connectivity index (χ2n) is 7.81. The number of aromatic nitrogens is 3. The van der Waals surface area contributed by atoms with Gasteiger partial charge < -0.3 is 15.2 Å². The quantitative estimate of drug-likeness (QED) is 0.313. The molecule has 1 saturated carbocycles. The molecule has 0 saturated heterocycles. The summed E-state index contributed by atoms with van der Waals surface area (Å²) in [6.07, 6.45) is 9.15. The Labute approximate surface area is 163 Å². The number of guanidine groups is 1. The van der Waals surface area contributed by atoms with Gasteiger partial charge in [0.1, 0.15) is 5.82 Å². The maximum atomic E-state index is 4.40. The largest absolute Gasteiger partial charge is 0.356 e. The Bertz CT molecular complexity index is 560. The minimum absolute atomic E-state index is 0.565. The zero-order valence-electron chi connectivity index (χ0n) is 17.1. The Hall–Kier alpha value is -1.24. The van der Waals surface area contributed by atoms with Crippen molar-refractivity contribution in [1.82, 2.24) is 25.4 Å². The minimum atomic E-state index is 0.565. The van der Waals surface area contributed by atoms with Gasteiger partial charge in [0, 0.05) is 32.6 Å². The number of hydrogen-bond donors (Lipinski definition) is 2. The number of nitrogens with zero attached hydrogens (tertiary/aromatic N) is 4. The van der Waals surface area contributed by atoms with Crippen LogP contribution in [-0.4, -0.2) is 46.6 Å². The number of thioether (sulfide) groups is 1. The lowest BCUT2D eigenvalue weighted by Gasteiger charge is -2.28. The van der Waals surface area contributed by atoms with Crippen molar-refractivity contribution in [2.75, 3.05) is 19.8 Å². The first-order valence-electron chi connectivity index (χ1n) is 9.96. The molecule has 1 heterocycles. The van der Waals surface area contributed by atoms with E-state index in [1.807, 2.05) is 7.05 Å². The zero-order chi connectivity index (χ0) is 18.9. The fourth-order valence-corrected chi connectivity index (χ4v) is 3.97. The highest BCUT2D eigenvalue weighted by molar-refractivity contribution is 7.98. The molecule has 148 valence electrons. The van der Waals surface area contributed by atoms with Gasteiger partial charge in [-0.2, -0.15) is 0 Å². The Morgan fingerprint density at radius 1 is 1.27 bits per heavy atom. The molecule has 1 fully saturated rings. The van der Waals surface area contributed by atoms with Crippen LogP contribution in [0.1, 0.15) is 58.7 Å². The van der Waals surface area contributed by atoms with E-state index in [0.717, 1.165) is 48.8 Å². The molecule has 0 unspecified atom stereocenters. The maximum Gasteiger partial charge on any atom is 0.191 e. The Balaban J connectivity index is 1.76. The maximum absolute atomic E-state index is 4.40.